The molecule has 2 aromatic carbocycles. The summed E-state index contributed by atoms with van der Waals surface area (Å²) in [6.45, 7) is 2.56. The zero-order chi connectivity index (χ0) is 18.0. The van der Waals surface area contributed by atoms with Crippen LogP contribution in [0.5, 0.6) is 0 Å². The van der Waals surface area contributed by atoms with Crippen LogP contribution in [-0.2, 0) is 32.9 Å². The predicted molar refractivity (Wildman–Crippen MR) is 97.8 cm³/mol. The van der Waals surface area contributed by atoms with Crippen LogP contribution in [0.1, 0.15) is 27.8 Å². The number of hydrogen-bond donors (Lipinski definition) is 2. The number of esters is 1. The molecule has 1 aliphatic rings. The molecule has 5 nitrogen and oxygen atoms in total. The molecule has 0 saturated carbocycles. The molecule has 0 aromatic heterocycles. The first-order valence-electron chi connectivity index (χ1n) is 7.86. The maximum atomic E-state index is 12.2. The lowest BCUT2D eigenvalue weighted by Gasteiger charge is -2.09. The molecule has 0 fully saturated rings. The molecule has 6 heteroatoms. The van der Waals surface area contributed by atoms with Crippen LogP contribution >= 0.6 is 0 Å². The number of benzene rings is 2. The Kier molecular flexibility index (Phi) is 5.13. The van der Waals surface area contributed by atoms with E-state index >= 15 is 0 Å². The van der Waals surface area contributed by atoms with Crippen LogP contribution in [-0.4, -0.2) is 21.3 Å². The van der Waals surface area contributed by atoms with Gasteiger partial charge in [-0.1, -0.05) is 42.5 Å². The zero-order valence-corrected chi connectivity index (χ0v) is 14.6. The summed E-state index contributed by atoms with van der Waals surface area (Å²) >= 11 is -1.88. The lowest BCUT2D eigenvalue weighted by atomic mass is 9.94. The smallest absolute Gasteiger partial charge is 0.339 e. The monoisotopic (exact) mass is 357 g/mol. The Morgan fingerprint density at radius 3 is 2.44 bits per heavy atom. The van der Waals surface area contributed by atoms with E-state index in [1.54, 1.807) is 0 Å². The summed E-state index contributed by atoms with van der Waals surface area (Å²) in [5, 5.41) is 0. The normalized spacial score (nSPS) is 15.4. The van der Waals surface area contributed by atoms with Crippen LogP contribution in [0, 0.1) is 6.92 Å². The summed E-state index contributed by atoms with van der Waals surface area (Å²) < 4.78 is 25.3. The number of cyclic esters (lactones) is 1. The van der Waals surface area contributed by atoms with E-state index in [9.17, 15) is 9.00 Å². The molecule has 130 valence electrons. The number of ether oxygens (including phenoxy) is 1. The van der Waals surface area contributed by atoms with Gasteiger partial charge in [0.1, 0.15) is 6.61 Å². The molecular weight excluding hydrogens is 338 g/mol. The van der Waals surface area contributed by atoms with E-state index in [0.717, 1.165) is 33.4 Å². The highest BCUT2D eigenvalue weighted by Crippen LogP contribution is 2.33. The SMILES string of the molecule is Cc1cc(C2=C(c3ccc(CN)cc3)C(=O)OC2)ccc1CS(=O)O. The fraction of sp³-hybridized carbons (Fsp3) is 0.211. The summed E-state index contributed by atoms with van der Waals surface area (Å²) in [7, 11) is 0. The summed E-state index contributed by atoms with van der Waals surface area (Å²) in [5.41, 5.74) is 11.4. The quantitative estimate of drug-likeness (QED) is 0.634. The minimum atomic E-state index is -1.88. The predicted octanol–water partition coefficient (Wildman–Crippen LogP) is 2.64. The Bertz CT molecular complexity index is 871. The van der Waals surface area contributed by atoms with Crippen molar-refractivity contribution >= 4 is 28.2 Å². The molecule has 25 heavy (non-hydrogen) atoms. The molecule has 0 radical (unpaired) electrons. The third kappa shape index (κ3) is 3.71. The van der Waals surface area contributed by atoms with Crippen LogP contribution in [0.4, 0.5) is 0 Å². The first-order chi connectivity index (χ1) is 12.0. The van der Waals surface area contributed by atoms with Crippen molar-refractivity contribution in [1.82, 2.24) is 0 Å². The van der Waals surface area contributed by atoms with Gasteiger partial charge in [0.2, 0.25) is 0 Å². The van der Waals surface area contributed by atoms with Gasteiger partial charge in [-0.15, -0.1) is 0 Å². The largest absolute Gasteiger partial charge is 0.457 e. The Labute approximate surface area is 148 Å². The lowest BCUT2D eigenvalue weighted by molar-refractivity contribution is -0.133. The summed E-state index contributed by atoms with van der Waals surface area (Å²) in [5.74, 6) is -0.248. The Morgan fingerprint density at radius 1 is 1.16 bits per heavy atom. The van der Waals surface area contributed by atoms with Crippen LogP contribution in [0.2, 0.25) is 0 Å². The number of nitrogens with two attached hydrogens (primary N) is 1. The highest BCUT2D eigenvalue weighted by molar-refractivity contribution is 7.78. The van der Waals surface area contributed by atoms with Crippen molar-refractivity contribution in [3.8, 4) is 0 Å². The van der Waals surface area contributed by atoms with Crippen molar-refractivity contribution < 1.29 is 18.3 Å². The fourth-order valence-electron chi connectivity index (χ4n) is 2.91. The zero-order valence-electron chi connectivity index (χ0n) is 13.8. The number of aryl methyl sites for hydroxylation is 1. The Morgan fingerprint density at radius 2 is 1.84 bits per heavy atom. The van der Waals surface area contributed by atoms with E-state index in [0.29, 0.717) is 12.1 Å². The van der Waals surface area contributed by atoms with Gasteiger partial charge in [0.25, 0.3) is 0 Å². The molecule has 1 aliphatic heterocycles. The maximum Gasteiger partial charge on any atom is 0.339 e. The molecule has 0 aliphatic carbocycles. The summed E-state index contributed by atoms with van der Waals surface area (Å²) in [4.78, 5) is 12.2. The van der Waals surface area contributed by atoms with Gasteiger partial charge in [-0.2, -0.15) is 0 Å². The molecule has 0 bridgehead atoms. The minimum Gasteiger partial charge on any atom is -0.457 e. The van der Waals surface area contributed by atoms with Crippen LogP contribution < -0.4 is 5.73 Å². The second-order valence-electron chi connectivity index (χ2n) is 5.94. The van der Waals surface area contributed by atoms with Gasteiger partial charge in [-0.05, 0) is 34.7 Å². The molecular formula is C19H19NO4S. The second-order valence-corrected chi connectivity index (χ2v) is 6.87. The van der Waals surface area contributed by atoms with Crippen molar-refractivity contribution in [3.05, 3.63) is 70.3 Å². The van der Waals surface area contributed by atoms with Crippen LogP contribution in [0.25, 0.3) is 11.1 Å². The topological polar surface area (TPSA) is 89.6 Å². The van der Waals surface area contributed by atoms with Crippen LogP contribution in [0.15, 0.2) is 42.5 Å². The van der Waals surface area contributed by atoms with E-state index in [1.807, 2.05) is 49.4 Å². The molecule has 1 unspecified atom stereocenters. The van der Waals surface area contributed by atoms with E-state index in [4.69, 9.17) is 15.0 Å². The summed E-state index contributed by atoms with van der Waals surface area (Å²) in [6.07, 6.45) is 0. The molecule has 2 aromatic rings. The van der Waals surface area contributed by atoms with Crippen molar-refractivity contribution in [2.45, 2.75) is 19.2 Å². The van der Waals surface area contributed by atoms with Crippen molar-refractivity contribution in [3.63, 3.8) is 0 Å². The van der Waals surface area contributed by atoms with Gasteiger partial charge < -0.3 is 15.0 Å². The van der Waals surface area contributed by atoms with Gasteiger partial charge >= 0.3 is 5.97 Å². The highest BCUT2D eigenvalue weighted by Gasteiger charge is 2.27. The molecule has 1 atom stereocenters. The van der Waals surface area contributed by atoms with Gasteiger partial charge in [0.05, 0.1) is 11.3 Å². The average molecular weight is 357 g/mol. The maximum absolute atomic E-state index is 12.2. The van der Waals surface area contributed by atoms with Crippen LogP contribution in [0.3, 0.4) is 0 Å². The number of carbonyl (C=O) groups excluding carboxylic acids is 1. The van der Waals surface area contributed by atoms with E-state index in [-0.39, 0.29) is 18.3 Å². The van der Waals surface area contributed by atoms with Gasteiger partial charge in [-0.25, -0.2) is 9.00 Å². The lowest BCUT2D eigenvalue weighted by Crippen LogP contribution is -2.00. The highest BCUT2D eigenvalue weighted by atomic mass is 32.2. The molecule has 0 spiro atoms. The third-order valence-corrected chi connectivity index (χ3v) is 4.86. The Hall–Kier alpha value is -2.28. The average Bonchev–Trinajstić information content (AvgIpc) is 2.98. The first kappa shape index (κ1) is 17.5. The van der Waals surface area contributed by atoms with E-state index < -0.39 is 11.1 Å². The van der Waals surface area contributed by atoms with Gasteiger partial charge in [0.15, 0.2) is 11.1 Å². The van der Waals surface area contributed by atoms with E-state index in [2.05, 4.69) is 0 Å². The Balaban J connectivity index is 2.03. The fourth-order valence-corrected chi connectivity index (χ4v) is 3.50. The molecule has 0 saturated heterocycles. The standard InChI is InChI=1S/C19H19NO4S/c1-12-8-15(6-7-16(12)11-25(22)23)17-10-24-19(21)18(17)14-4-2-13(9-20)3-5-14/h2-8H,9-11,20H2,1H3,(H,22,23). The van der Waals surface area contributed by atoms with Crippen molar-refractivity contribution in [2.24, 2.45) is 5.73 Å². The van der Waals surface area contributed by atoms with Crippen molar-refractivity contribution in [1.29, 1.82) is 0 Å². The number of hydrogen-bond acceptors (Lipinski definition) is 4. The molecule has 3 rings (SSSR count). The minimum absolute atomic E-state index is 0.0913. The summed E-state index contributed by atoms with van der Waals surface area (Å²) in [6, 6.07) is 13.2. The third-order valence-electron chi connectivity index (χ3n) is 4.30. The molecule has 1 heterocycles. The van der Waals surface area contributed by atoms with Gasteiger partial charge in [0, 0.05) is 12.1 Å². The molecule has 3 N–H and O–H groups in total. The second kappa shape index (κ2) is 7.31. The number of rotatable bonds is 5. The van der Waals surface area contributed by atoms with Crippen molar-refractivity contribution in [2.75, 3.05) is 6.61 Å². The van der Waals surface area contributed by atoms with E-state index in [1.165, 1.54) is 0 Å². The number of carbonyl (C=O) groups is 1. The van der Waals surface area contributed by atoms with Gasteiger partial charge in [-0.3, -0.25) is 0 Å². The molecule has 0 amide bonds. The first-order valence-corrected chi connectivity index (χ1v) is 9.14.